The van der Waals surface area contributed by atoms with Crippen molar-refractivity contribution in [3.05, 3.63) is 11.8 Å². The first-order chi connectivity index (χ1) is 15.1. The highest BCUT2D eigenvalue weighted by Gasteiger charge is 2.46. The Bertz CT molecular complexity index is 708. The van der Waals surface area contributed by atoms with E-state index >= 15 is 0 Å². The van der Waals surface area contributed by atoms with Crippen LogP contribution in [0.15, 0.2) is 11.8 Å². The molecule has 182 valence electrons. The number of alkyl carbamates (subject to hydrolysis) is 1. The molecule has 9 N–H and O–H groups in total. The van der Waals surface area contributed by atoms with Crippen molar-refractivity contribution in [3.63, 3.8) is 0 Å². The summed E-state index contributed by atoms with van der Waals surface area (Å²) in [5.41, 5.74) is 5.36. The van der Waals surface area contributed by atoms with Gasteiger partial charge in [-0.25, -0.2) is 9.59 Å². The number of hydrogen-bond acceptors (Lipinski definition) is 9. The van der Waals surface area contributed by atoms with Gasteiger partial charge in [0.15, 0.2) is 18.2 Å². The van der Waals surface area contributed by atoms with Crippen molar-refractivity contribution in [1.82, 2.24) is 16.0 Å². The van der Waals surface area contributed by atoms with Crippen molar-refractivity contribution < 1.29 is 43.9 Å². The van der Waals surface area contributed by atoms with Crippen LogP contribution in [0.1, 0.15) is 6.92 Å². The Kier molecular flexibility index (Phi) is 12.0. The monoisotopic (exact) mass is 573 g/mol. The maximum Gasteiger partial charge on any atom is 0.407 e. The Balaban J connectivity index is 3.15. The average molecular weight is 573 g/mol. The number of carboxylic acid groups (broad SMARTS) is 1. The van der Waals surface area contributed by atoms with Gasteiger partial charge in [0.1, 0.15) is 6.10 Å². The normalized spacial score (nSPS) is 21.9. The summed E-state index contributed by atoms with van der Waals surface area (Å²) in [5.74, 6) is -3.17. The van der Waals surface area contributed by atoms with Crippen LogP contribution >= 0.6 is 22.6 Å². The van der Waals surface area contributed by atoms with E-state index < -0.39 is 66.7 Å². The standard InChI is InChI=1S/C17H28IN5O9/c1-8(25)22-12-9(23-16(19)20)6-11(15(27)28)31-14(12)13(10(26)7-24)32-17(29)21-3-5-30-4-2-18/h6,9-10,12-14,24,26H,2-5,7H2,1H3,(H,21,29)(H,22,25)(H,27,28)(H4,19,20,23)/t9-,10+,12+,13+,14+/m0/s1. The average Bonchev–Trinajstić information content (AvgIpc) is 2.71. The number of rotatable bonds is 12. The number of aliphatic carboxylic acids is 1. The summed E-state index contributed by atoms with van der Waals surface area (Å²) in [5, 5.41) is 43.9. The Morgan fingerprint density at radius 2 is 2.03 bits per heavy atom. The van der Waals surface area contributed by atoms with Gasteiger partial charge in [-0.3, -0.25) is 10.2 Å². The van der Waals surface area contributed by atoms with Crippen molar-refractivity contribution in [2.24, 2.45) is 5.73 Å². The lowest BCUT2D eigenvalue weighted by molar-refractivity contribution is -0.146. The van der Waals surface area contributed by atoms with Crippen LogP contribution in [0.5, 0.6) is 0 Å². The van der Waals surface area contributed by atoms with Crippen LogP contribution in [0.4, 0.5) is 4.79 Å². The van der Waals surface area contributed by atoms with Gasteiger partial charge in [-0.2, -0.15) is 0 Å². The number of ether oxygens (including phenoxy) is 3. The van der Waals surface area contributed by atoms with Gasteiger partial charge in [-0.15, -0.1) is 0 Å². The van der Waals surface area contributed by atoms with Gasteiger partial charge < -0.3 is 51.2 Å². The van der Waals surface area contributed by atoms with Crippen molar-refractivity contribution in [2.75, 3.05) is 30.8 Å². The molecule has 14 nitrogen and oxygen atoms in total. The summed E-state index contributed by atoms with van der Waals surface area (Å²) in [7, 11) is 0. The topological polar surface area (TPSA) is 226 Å². The van der Waals surface area contributed by atoms with E-state index in [1.54, 1.807) is 0 Å². The summed E-state index contributed by atoms with van der Waals surface area (Å²) in [6, 6.07) is -2.20. The fourth-order valence-corrected chi connectivity index (χ4v) is 3.17. The fraction of sp³-hybridized carbons (Fsp3) is 0.647. The van der Waals surface area contributed by atoms with Gasteiger partial charge in [0.25, 0.3) is 0 Å². The van der Waals surface area contributed by atoms with Gasteiger partial charge in [0.05, 0.1) is 31.9 Å². The predicted octanol–water partition coefficient (Wildman–Crippen LogP) is -2.39. The van der Waals surface area contributed by atoms with Gasteiger partial charge in [0.2, 0.25) is 11.7 Å². The molecule has 0 aliphatic carbocycles. The number of hydrogen-bond donors (Lipinski definition) is 8. The molecule has 0 aromatic rings. The van der Waals surface area contributed by atoms with Gasteiger partial charge in [0, 0.05) is 17.9 Å². The third kappa shape index (κ3) is 9.01. The third-order valence-electron chi connectivity index (χ3n) is 4.11. The van der Waals surface area contributed by atoms with Gasteiger partial charge in [-0.05, 0) is 6.08 Å². The van der Waals surface area contributed by atoms with Crippen LogP contribution in [0, 0.1) is 5.41 Å². The molecular formula is C17H28IN5O9. The molecule has 0 aromatic carbocycles. The summed E-state index contributed by atoms with van der Waals surface area (Å²) in [6.07, 6.45) is -4.67. The van der Waals surface area contributed by atoms with Gasteiger partial charge >= 0.3 is 12.1 Å². The van der Waals surface area contributed by atoms with Crippen LogP contribution in [0.25, 0.3) is 0 Å². The van der Waals surface area contributed by atoms with E-state index in [-0.39, 0.29) is 13.2 Å². The maximum atomic E-state index is 12.2. The second-order valence-corrected chi connectivity index (χ2v) is 7.66. The third-order valence-corrected chi connectivity index (χ3v) is 4.55. The summed E-state index contributed by atoms with van der Waals surface area (Å²) in [4.78, 5) is 35.5. The molecule has 1 rings (SSSR count). The van der Waals surface area contributed by atoms with Crippen molar-refractivity contribution >= 4 is 46.5 Å². The first kappa shape index (κ1) is 27.7. The van der Waals surface area contributed by atoms with Crippen LogP contribution in [0.3, 0.4) is 0 Å². The second-order valence-electron chi connectivity index (χ2n) is 6.58. The molecule has 1 heterocycles. The predicted molar refractivity (Wildman–Crippen MR) is 118 cm³/mol. The number of halogens is 1. The Hall–Kier alpha value is -2.37. The van der Waals surface area contributed by atoms with Crippen LogP contribution in [-0.4, -0.2) is 100 Å². The Morgan fingerprint density at radius 3 is 2.56 bits per heavy atom. The largest absolute Gasteiger partial charge is 0.477 e. The second kappa shape index (κ2) is 13.9. The molecule has 2 amide bonds. The molecular weight excluding hydrogens is 545 g/mol. The number of aliphatic hydroxyl groups excluding tert-OH is 2. The number of nitrogens with one attached hydrogen (secondary N) is 4. The smallest absolute Gasteiger partial charge is 0.407 e. The highest BCUT2D eigenvalue weighted by Crippen LogP contribution is 2.25. The van der Waals surface area contributed by atoms with E-state index in [0.29, 0.717) is 6.61 Å². The van der Waals surface area contributed by atoms with Crippen LogP contribution in [0.2, 0.25) is 0 Å². The number of nitrogens with two attached hydrogens (primary N) is 1. The molecule has 0 fully saturated rings. The highest BCUT2D eigenvalue weighted by atomic mass is 127. The van der Waals surface area contributed by atoms with Crippen LogP contribution in [-0.2, 0) is 23.8 Å². The SMILES string of the molecule is CC(=O)N[C@H]1[C@H]([C@H](OC(=O)NCCOCCI)[C@H](O)CO)OC(C(=O)O)=C[C@@H]1NC(=N)N. The number of carboxylic acids is 1. The van der Waals surface area contributed by atoms with E-state index in [2.05, 4.69) is 38.5 Å². The van der Waals surface area contributed by atoms with Crippen molar-refractivity contribution in [1.29, 1.82) is 5.41 Å². The number of carbonyl (C=O) groups excluding carboxylic acids is 2. The zero-order valence-electron chi connectivity index (χ0n) is 17.2. The molecule has 0 spiro atoms. The molecule has 0 radical (unpaired) electrons. The summed E-state index contributed by atoms with van der Waals surface area (Å²) < 4.78 is 16.6. The number of alkyl halides is 1. The first-order valence-corrected chi connectivity index (χ1v) is 11.0. The van der Waals surface area contributed by atoms with E-state index in [1.807, 2.05) is 0 Å². The van der Waals surface area contributed by atoms with Crippen LogP contribution < -0.4 is 21.7 Å². The van der Waals surface area contributed by atoms with E-state index in [1.165, 1.54) is 6.92 Å². The van der Waals surface area contributed by atoms with Crippen molar-refractivity contribution in [3.8, 4) is 0 Å². The molecule has 0 saturated heterocycles. The maximum absolute atomic E-state index is 12.2. The zero-order chi connectivity index (χ0) is 24.3. The minimum absolute atomic E-state index is 0.0901. The quantitative estimate of drug-likeness (QED) is 0.0404. The summed E-state index contributed by atoms with van der Waals surface area (Å²) in [6.45, 7) is 1.11. The lowest BCUT2D eigenvalue weighted by atomic mass is 9.92. The van der Waals surface area contributed by atoms with E-state index in [9.17, 15) is 29.7 Å². The lowest BCUT2D eigenvalue weighted by Gasteiger charge is -2.41. The first-order valence-electron chi connectivity index (χ1n) is 9.47. The van der Waals surface area contributed by atoms with Crippen molar-refractivity contribution in [2.45, 2.75) is 37.3 Å². The molecule has 1 aliphatic rings. The number of guanidine groups is 1. The molecule has 0 saturated carbocycles. The molecule has 0 unspecified atom stereocenters. The Morgan fingerprint density at radius 1 is 1.34 bits per heavy atom. The van der Waals surface area contributed by atoms with E-state index in [4.69, 9.17) is 25.4 Å². The zero-order valence-corrected chi connectivity index (χ0v) is 19.4. The molecule has 5 atom stereocenters. The minimum Gasteiger partial charge on any atom is -0.477 e. The van der Waals surface area contributed by atoms with E-state index in [0.717, 1.165) is 10.5 Å². The molecule has 0 bridgehead atoms. The molecule has 32 heavy (non-hydrogen) atoms. The molecule has 0 aromatic heterocycles. The summed E-state index contributed by atoms with van der Waals surface area (Å²) >= 11 is 2.12. The Labute approximate surface area is 197 Å². The van der Waals surface area contributed by atoms with Gasteiger partial charge in [-0.1, -0.05) is 22.6 Å². The lowest BCUT2D eigenvalue weighted by Crippen LogP contribution is -2.65. The fourth-order valence-electron chi connectivity index (χ4n) is 2.86. The highest BCUT2D eigenvalue weighted by molar-refractivity contribution is 14.1. The number of amides is 2. The minimum atomic E-state index is -1.69. The number of aliphatic hydroxyl groups is 2. The molecule has 15 heteroatoms. The molecule has 1 aliphatic heterocycles. The number of carbonyl (C=O) groups is 3.